The number of rotatable bonds is 6. The molecule has 0 radical (unpaired) electrons. The summed E-state index contributed by atoms with van der Waals surface area (Å²) in [5.41, 5.74) is 5.98. The van der Waals surface area contributed by atoms with Crippen LogP contribution in [0.15, 0.2) is 12.3 Å². The van der Waals surface area contributed by atoms with Gasteiger partial charge in [0.15, 0.2) is 0 Å². The van der Waals surface area contributed by atoms with E-state index in [0.717, 1.165) is 24.5 Å². The van der Waals surface area contributed by atoms with Gasteiger partial charge in [-0.2, -0.15) is 0 Å². The lowest BCUT2D eigenvalue weighted by Crippen LogP contribution is -2.18. The Balaban J connectivity index is 2.17. The lowest BCUT2D eigenvalue weighted by Gasteiger charge is -2.03. The van der Waals surface area contributed by atoms with E-state index in [4.69, 9.17) is 5.73 Å². The third-order valence-corrected chi connectivity index (χ3v) is 1.92. The van der Waals surface area contributed by atoms with Crippen molar-refractivity contribution in [2.75, 3.05) is 6.54 Å². The molecule has 1 aromatic rings. The zero-order valence-corrected chi connectivity index (χ0v) is 8.86. The fraction of sp³-hybridized carbons (Fsp3) is 0.500. The monoisotopic (exact) mass is 208 g/mol. The van der Waals surface area contributed by atoms with E-state index in [1.807, 2.05) is 13.0 Å². The minimum absolute atomic E-state index is 0.255. The molecule has 3 N–H and O–H groups in total. The molecule has 0 saturated carbocycles. The van der Waals surface area contributed by atoms with E-state index >= 15 is 0 Å². The summed E-state index contributed by atoms with van der Waals surface area (Å²) in [6.07, 6.45) is 2.93. The van der Waals surface area contributed by atoms with Crippen LogP contribution >= 0.6 is 0 Å². The van der Waals surface area contributed by atoms with Gasteiger partial charge in [0.25, 0.3) is 0 Å². The summed E-state index contributed by atoms with van der Waals surface area (Å²) >= 11 is 0. The van der Waals surface area contributed by atoms with Gasteiger partial charge in [0, 0.05) is 19.2 Å². The van der Waals surface area contributed by atoms with Crippen LogP contribution in [-0.2, 0) is 11.3 Å². The van der Waals surface area contributed by atoms with Crippen molar-refractivity contribution in [1.82, 2.24) is 15.3 Å². The highest BCUT2D eigenvalue weighted by atomic mass is 16.1. The van der Waals surface area contributed by atoms with Crippen molar-refractivity contribution in [2.45, 2.75) is 26.3 Å². The van der Waals surface area contributed by atoms with Crippen LogP contribution in [0.3, 0.4) is 0 Å². The highest BCUT2D eigenvalue weighted by molar-refractivity contribution is 5.73. The Labute approximate surface area is 89.1 Å². The Morgan fingerprint density at radius 2 is 2.40 bits per heavy atom. The van der Waals surface area contributed by atoms with Crippen LogP contribution in [0.25, 0.3) is 0 Å². The highest BCUT2D eigenvalue weighted by Gasteiger charge is 1.96. The minimum Gasteiger partial charge on any atom is -0.370 e. The summed E-state index contributed by atoms with van der Waals surface area (Å²) in [4.78, 5) is 18.7. The average molecular weight is 208 g/mol. The molecule has 0 aliphatic rings. The van der Waals surface area contributed by atoms with Crippen molar-refractivity contribution >= 4 is 5.91 Å². The van der Waals surface area contributed by atoms with Crippen LogP contribution in [0.5, 0.6) is 0 Å². The number of carbonyl (C=O) groups excluding carboxylic acids is 1. The van der Waals surface area contributed by atoms with Crippen molar-refractivity contribution in [3.63, 3.8) is 0 Å². The first kappa shape index (κ1) is 11.6. The van der Waals surface area contributed by atoms with E-state index in [0.29, 0.717) is 13.0 Å². The maximum atomic E-state index is 10.5. The Hall–Kier alpha value is -1.49. The van der Waals surface area contributed by atoms with Crippen molar-refractivity contribution in [3.05, 3.63) is 23.8 Å². The van der Waals surface area contributed by atoms with Crippen LogP contribution in [0.2, 0.25) is 0 Å². The van der Waals surface area contributed by atoms with Crippen LogP contribution < -0.4 is 11.1 Å². The van der Waals surface area contributed by atoms with Gasteiger partial charge in [-0.25, -0.2) is 9.97 Å². The first-order valence-corrected chi connectivity index (χ1v) is 4.96. The molecule has 0 bridgehead atoms. The number of nitrogens with one attached hydrogen (secondary N) is 1. The molecule has 0 unspecified atom stereocenters. The van der Waals surface area contributed by atoms with Crippen molar-refractivity contribution in [3.8, 4) is 0 Å². The van der Waals surface area contributed by atoms with Crippen LogP contribution in [0.1, 0.15) is 24.4 Å². The standard InChI is InChI=1S/C10H16N4O/c1-8-13-6-4-9(14-8)7-12-5-2-3-10(11)15/h4,6,12H,2-3,5,7H2,1H3,(H2,11,15). The smallest absolute Gasteiger partial charge is 0.217 e. The molecule has 0 aliphatic carbocycles. The van der Waals surface area contributed by atoms with E-state index in [9.17, 15) is 4.79 Å². The van der Waals surface area contributed by atoms with Gasteiger partial charge in [0.1, 0.15) is 5.82 Å². The summed E-state index contributed by atoms with van der Waals surface area (Å²) in [7, 11) is 0. The molecule has 82 valence electrons. The van der Waals surface area contributed by atoms with E-state index in [-0.39, 0.29) is 5.91 Å². The molecule has 0 spiro atoms. The minimum atomic E-state index is -0.255. The molecule has 0 fully saturated rings. The SMILES string of the molecule is Cc1nccc(CNCCCC(N)=O)n1. The third kappa shape index (κ3) is 5.07. The van der Waals surface area contributed by atoms with Gasteiger partial charge in [-0.15, -0.1) is 0 Å². The molecule has 0 saturated heterocycles. The molecule has 5 heteroatoms. The Morgan fingerprint density at radius 3 is 3.07 bits per heavy atom. The second kappa shape index (κ2) is 6.08. The third-order valence-electron chi connectivity index (χ3n) is 1.92. The van der Waals surface area contributed by atoms with E-state index in [2.05, 4.69) is 15.3 Å². The molecule has 1 amide bonds. The lowest BCUT2D eigenvalue weighted by atomic mass is 10.3. The second-order valence-electron chi connectivity index (χ2n) is 3.34. The van der Waals surface area contributed by atoms with Crippen molar-refractivity contribution in [2.24, 2.45) is 5.73 Å². The van der Waals surface area contributed by atoms with E-state index in [1.165, 1.54) is 0 Å². The van der Waals surface area contributed by atoms with Gasteiger partial charge in [0.2, 0.25) is 5.91 Å². The number of hydrogen-bond donors (Lipinski definition) is 2. The molecule has 0 atom stereocenters. The summed E-state index contributed by atoms with van der Waals surface area (Å²) < 4.78 is 0. The Morgan fingerprint density at radius 1 is 1.60 bits per heavy atom. The molecular formula is C10H16N4O. The molecule has 1 heterocycles. The summed E-state index contributed by atoms with van der Waals surface area (Å²) in [6.45, 7) is 3.32. The van der Waals surface area contributed by atoms with Crippen LogP contribution in [0, 0.1) is 6.92 Å². The average Bonchev–Trinajstić information content (AvgIpc) is 2.17. The molecular weight excluding hydrogens is 192 g/mol. The highest BCUT2D eigenvalue weighted by Crippen LogP contribution is 1.94. The summed E-state index contributed by atoms with van der Waals surface area (Å²) in [5, 5.41) is 3.19. The molecule has 0 aliphatic heterocycles. The number of carbonyl (C=O) groups is 1. The number of aromatic nitrogens is 2. The predicted octanol–water partition coefficient (Wildman–Crippen LogP) is 0.140. The van der Waals surface area contributed by atoms with Crippen LogP contribution in [-0.4, -0.2) is 22.4 Å². The van der Waals surface area contributed by atoms with Gasteiger partial charge in [-0.3, -0.25) is 4.79 Å². The topological polar surface area (TPSA) is 80.9 Å². The van der Waals surface area contributed by atoms with Gasteiger partial charge in [-0.1, -0.05) is 0 Å². The number of nitrogens with zero attached hydrogens (tertiary/aromatic N) is 2. The van der Waals surface area contributed by atoms with E-state index in [1.54, 1.807) is 6.20 Å². The summed E-state index contributed by atoms with van der Waals surface area (Å²) in [5.74, 6) is 0.515. The number of nitrogens with two attached hydrogens (primary N) is 1. The van der Waals surface area contributed by atoms with Gasteiger partial charge in [-0.05, 0) is 26.0 Å². The second-order valence-corrected chi connectivity index (χ2v) is 3.34. The largest absolute Gasteiger partial charge is 0.370 e. The quantitative estimate of drug-likeness (QED) is 0.652. The maximum absolute atomic E-state index is 10.5. The fourth-order valence-corrected chi connectivity index (χ4v) is 1.21. The predicted molar refractivity (Wildman–Crippen MR) is 56.9 cm³/mol. The number of hydrogen-bond acceptors (Lipinski definition) is 4. The molecule has 0 aromatic carbocycles. The molecule has 1 rings (SSSR count). The Bertz CT molecular complexity index is 327. The molecule has 5 nitrogen and oxygen atoms in total. The van der Waals surface area contributed by atoms with Gasteiger partial charge in [0.05, 0.1) is 5.69 Å². The lowest BCUT2D eigenvalue weighted by molar-refractivity contribution is -0.118. The van der Waals surface area contributed by atoms with Crippen molar-refractivity contribution in [1.29, 1.82) is 0 Å². The van der Waals surface area contributed by atoms with Crippen LogP contribution in [0.4, 0.5) is 0 Å². The molecule has 15 heavy (non-hydrogen) atoms. The zero-order chi connectivity index (χ0) is 11.1. The van der Waals surface area contributed by atoms with Gasteiger partial charge >= 0.3 is 0 Å². The van der Waals surface area contributed by atoms with Gasteiger partial charge < -0.3 is 11.1 Å². The normalized spacial score (nSPS) is 10.2. The number of primary amides is 1. The first-order chi connectivity index (χ1) is 7.18. The Kier molecular flexibility index (Phi) is 4.70. The zero-order valence-electron chi connectivity index (χ0n) is 8.86. The maximum Gasteiger partial charge on any atom is 0.217 e. The van der Waals surface area contributed by atoms with Crippen molar-refractivity contribution < 1.29 is 4.79 Å². The summed E-state index contributed by atoms with van der Waals surface area (Å²) in [6, 6.07) is 1.87. The molecule has 1 aromatic heterocycles. The number of amides is 1. The first-order valence-electron chi connectivity index (χ1n) is 4.96. The van der Waals surface area contributed by atoms with E-state index < -0.39 is 0 Å². The number of aryl methyl sites for hydroxylation is 1. The fourth-order valence-electron chi connectivity index (χ4n) is 1.21.